The number of hydrogen-bond acceptors (Lipinski definition) is 2. The third kappa shape index (κ3) is 2.93. The minimum Gasteiger partial charge on any atom is -0.376 e. The second-order valence-corrected chi connectivity index (χ2v) is 4.22. The van der Waals surface area contributed by atoms with Gasteiger partial charge >= 0.3 is 0 Å². The minimum absolute atomic E-state index is 0.0442. The van der Waals surface area contributed by atoms with Crippen LogP contribution in [-0.2, 0) is 4.79 Å². The van der Waals surface area contributed by atoms with Gasteiger partial charge in [-0.3, -0.25) is 4.79 Å². The van der Waals surface area contributed by atoms with E-state index >= 15 is 0 Å². The molecule has 1 saturated carbocycles. The van der Waals surface area contributed by atoms with Crippen molar-refractivity contribution in [2.24, 2.45) is 0 Å². The van der Waals surface area contributed by atoms with Crippen molar-refractivity contribution in [1.29, 1.82) is 0 Å². The van der Waals surface area contributed by atoms with Gasteiger partial charge in [-0.25, -0.2) is 8.78 Å². The first-order valence-corrected chi connectivity index (χ1v) is 5.52. The quantitative estimate of drug-likeness (QED) is 0.873. The van der Waals surface area contributed by atoms with Crippen LogP contribution in [0.4, 0.5) is 14.5 Å². The number of halogens is 2. The number of likely N-dealkylation sites (N-methyl/N-ethyl adjacent to an activating group) is 1. The van der Waals surface area contributed by atoms with Crippen LogP contribution in [0, 0.1) is 11.6 Å². The van der Waals surface area contributed by atoms with E-state index < -0.39 is 11.6 Å². The molecular formula is C12H14F2N2O. The Bertz CT molecular complexity index is 433. The summed E-state index contributed by atoms with van der Waals surface area (Å²) < 4.78 is 25.6. The summed E-state index contributed by atoms with van der Waals surface area (Å²) in [4.78, 5) is 13.3. The molecule has 1 N–H and O–H groups in total. The maximum atomic E-state index is 12.9. The maximum absolute atomic E-state index is 12.9. The maximum Gasteiger partial charge on any atom is 0.241 e. The highest BCUT2D eigenvalue weighted by Crippen LogP contribution is 2.25. The first-order chi connectivity index (χ1) is 8.08. The fraction of sp³-hybridized carbons (Fsp3) is 0.417. The first kappa shape index (κ1) is 11.8. The lowest BCUT2D eigenvalue weighted by Gasteiger charge is -2.16. The van der Waals surface area contributed by atoms with Crippen LogP contribution in [0.25, 0.3) is 0 Å². The van der Waals surface area contributed by atoms with Gasteiger partial charge in [-0.05, 0) is 25.0 Å². The molecule has 92 valence electrons. The Labute approximate surface area is 98.4 Å². The van der Waals surface area contributed by atoms with Crippen molar-refractivity contribution in [2.75, 3.05) is 18.9 Å². The minimum atomic E-state index is -0.919. The zero-order valence-corrected chi connectivity index (χ0v) is 9.54. The highest BCUT2D eigenvalue weighted by molar-refractivity contribution is 5.81. The lowest BCUT2D eigenvalue weighted by Crippen LogP contribution is -2.33. The third-order valence-electron chi connectivity index (χ3n) is 2.85. The van der Waals surface area contributed by atoms with Gasteiger partial charge in [0.15, 0.2) is 11.6 Å². The van der Waals surface area contributed by atoms with Crippen molar-refractivity contribution >= 4 is 11.6 Å². The van der Waals surface area contributed by atoms with Gasteiger partial charge in [0.05, 0.1) is 6.54 Å². The van der Waals surface area contributed by atoms with E-state index in [1.165, 1.54) is 6.07 Å². The summed E-state index contributed by atoms with van der Waals surface area (Å²) in [5, 5.41) is 2.78. The fourth-order valence-corrected chi connectivity index (χ4v) is 1.57. The normalized spacial score (nSPS) is 14.5. The standard InChI is InChI=1S/C12H14F2N2O/c1-16(9-3-4-9)12(17)7-15-8-2-5-10(13)11(14)6-8/h2,5-6,9,15H,3-4,7H2,1H3. The number of carbonyl (C=O) groups is 1. The lowest BCUT2D eigenvalue weighted by atomic mass is 10.3. The van der Waals surface area contributed by atoms with E-state index in [0.29, 0.717) is 11.7 Å². The SMILES string of the molecule is CN(C(=O)CNc1ccc(F)c(F)c1)C1CC1. The summed E-state index contributed by atoms with van der Waals surface area (Å²) in [5.41, 5.74) is 0.404. The number of nitrogens with one attached hydrogen (secondary N) is 1. The number of carbonyl (C=O) groups excluding carboxylic acids is 1. The van der Waals surface area contributed by atoms with E-state index in [1.807, 2.05) is 0 Å². The Morgan fingerprint density at radius 1 is 1.41 bits per heavy atom. The Kier molecular flexibility index (Phi) is 3.26. The summed E-state index contributed by atoms with van der Waals surface area (Å²) in [5.74, 6) is -1.85. The number of anilines is 1. The van der Waals surface area contributed by atoms with Crippen molar-refractivity contribution in [3.05, 3.63) is 29.8 Å². The van der Waals surface area contributed by atoms with Crippen molar-refractivity contribution in [3.63, 3.8) is 0 Å². The number of amides is 1. The molecule has 1 aromatic carbocycles. The van der Waals surface area contributed by atoms with Crippen LogP contribution < -0.4 is 5.32 Å². The van der Waals surface area contributed by atoms with Gasteiger partial charge in [-0.2, -0.15) is 0 Å². The van der Waals surface area contributed by atoms with E-state index in [9.17, 15) is 13.6 Å². The Morgan fingerprint density at radius 3 is 2.71 bits per heavy atom. The molecule has 0 unspecified atom stereocenters. The molecule has 0 atom stereocenters. The summed E-state index contributed by atoms with van der Waals surface area (Å²) in [7, 11) is 1.76. The number of hydrogen-bond donors (Lipinski definition) is 1. The molecular weight excluding hydrogens is 226 g/mol. The van der Waals surface area contributed by atoms with Gasteiger partial charge in [0, 0.05) is 24.8 Å². The van der Waals surface area contributed by atoms with Gasteiger partial charge < -0.3 is 10.2 Å². The van der Waals surface area contributed by atoms with Gasteiger partial charge in [0.2, 0.25) is 5.91 Å². The molecule has 2 rings (SSSR count). The third-order valence-corrected chi connectivity index (χ3v) is 2.85. The summed E-state index contributed by atoms with van der Waals surface area (Å²) in [6.07, 6.45) is 2.10. The van der Waals surface area contributed by atoms with Crippen LogP contribution in [-0.4, -0.2) is 30.4 Å². The summed E-state index contributed by atoms with van der Waals surface area (Å²) >= 11 is 0. The van der Waals surface area contributed by atoms with Crippen LogP contribution in [0.2, 0.25) is 0 Å². The number of nitrogens with zero attached hydrogens (tertiary/aromatic N) is 1. The van der Waals surface area contributed by atoms with Gasteiger partial charge in [0.25, 0.3) is 0 Å². The molecule has 0 heterocycles. The van der Waals surface area contributed by atoms with Gasteiger partial charge in [-0.1, -0.05) is 0 Å². The van der Waals surface area contributed by atoms with Crippen LogP contribution in [0.1, 0.15) is 12.8 Å². The first-order valence-electron chi connectivity index (χ1n) is 5.52. The largest absolute Gasteiger partial charge is 0.376 e. The molecule has 1 aromatic rings. The second-order valence-electron chi connectivity index (χ2n) is 4.22. The Hall–Kier alpha value is -1.65. The number of rotatable bonds is 4. The lowest BCUT2D eigenvalue weighted by molar-refractivity contribution is -0.128. The summed E-state index contributed by atoms with van der Waals surface area (Å²) in [6, 6.07) is 3.84. The molecule has 1 fully saturated rings. The zero-order valence-electron chi connectivity index (χ0n) is 9.54. The molecule has 3 nitrogen and oxygen atoms in total. The van der Waals surface area contributed by atoms with E-state index in [2.05, 4.69) is 5.32 Å². The molecule has 5 heteroatoms. The topological polar surface area (TPSA) is 32.3 Å². The van der Waals surface area contributed by atoms with Crippen LogP contribution in [0.15, 0.2) is 18.2 Å². The molecule has 0 saturated heterocycles. The molecule has 1 aliphatic carbocycles. The van der Waals surface area contributed by atoms with E-state index in [-0.39, 0.29) is 12.5 Å². The van der Waals surface area contributed by atoms with Crippen LogP contribution in [0.5, 0.6) is 0 Å². The molecule has 0 radical (unpaired) electrons. The predicted molar refractivity (Wildman–Crippen MR) is 60.6 cm³/mol. The molecule has 0 spiro atoms. The average molecular weight is 240 g/mol. The van der Waals surface area contributed by atoms with Crippen LogP contribution >= 0.6 is 0 Å². The zero-order chi connectivity index (χ0) is 12.4. The predicted octanol–water partition coefficient (Wildman–Crippen LogP) is 2.00. The number of benzene rings is 1. The fourth-order valence-electron chi connectivity index (χ4n) is 1.57. The molecule has 17 heavy (non-hydrogen) atoms. The van der Waals surface area contributed by atoms with E-state index in [1.54, 1.807) is 11.9 Å². The highest BCUT2D eigenvalue weighted by atomic mass is 19.2. The molecule has 0 bridgehead atoms. The molecule has 1 aliphatic rings. The van der Waals surface area contributed by atoms with Crippen molar-refractivity contribution in [3.8, 4) is 0 Å². The van der Waals surface area contributed by atoms with Crippen molar-refractivity contribution in [1.82, 2.24) is 4.90 Å². The average Bonchev–Trinajstić information content (AvgIpc) is 3.13. The van der Waals surface area contributed by atoms with E-state index in [4.69, 9.17) is 0 Å². The van der Waals surface area contributed by atoms with E-state index in [0.717, 1.165) is 25.0 Å². The second kappa shape index (κ2) is 4.69. The van der Waals surface area contributed by atoms with Gasteiger partial charge in [-0.15, -0.1) is 0 Å². The summed E-state index contributed by atoms with van der Waals surface area (Å²) in [6.45, 7) is 0.0953. The smallest absolute Gasteiger partial charge is 0.241 e. The molecule has 0 aromatic heterocycles. The Balaban J connectivity index is 1.88. The van der Waals surface area contributed by atoms with Crippen molar-refractivity contribution < 1.29 is 13.6 Å². The molecule has 1 amide bonds. The van der Waals surface area contributed by atoms with Crippen LogP contribution in [0.3, 0.4) is 0 Å². The van der Waals surface area contributed by atoms with Crippen molar-refractivity contribution in [2.45, 2.75) is 18.9 Å². The monoisotopic (exact) mass is 240 g/mol. The van der Waals surface area contributed by atoms with Gasteiger partial charge in [0.1, 0.15) is 0 Å². The highest BCUT2D eigenvalue weighted by Gasteiger charge is 2.29. The molecule has 0 aliphatic heterocycles. The Morgan fingerprint density at radius 2 is 2.12 bits per heavy atom.